The van der Waals surface area contributed by atoms with Gasteiger partial charge >= 0.3 is 0 Å². The standard InChI is InChI=1S/C24H39NO2/c1-9-11-21(17(5)14-16(3)4)24-19(7)23(27-25)13-12-22(24)18(6)20(10-2)15-26-8/h2,12-13,16-18,20-21H,9,11,14-15,25H2,1,3-8H3. The van der Waals surface area contributed by atoms with Crippen molar-refractivity contribution in [2.45, 2.75) is 72.6 Å². The summed E-state index contributed by atoms with van der Waals surface area (Å²) in [4.78, 5) is 5.18. The number of terminal acetylenes is 1. The molecule has 0 aliphatic carbocycles. The molecular weight excluding hydrogens is 334 g/mol. The van der Waals surface area contributed by atoms with E-state index in [0.29, 0.717) is 24.4 Å². The number of benzene rings is 1. The van der Waals surface area contributed by atoms with Gasteiger partial charge in [-0.2, -0.15) is 5.90 Å². The quantitative estimate of drug-likeness (QED) is 0.393. The van der Waals surface area contributed by atoms with Crippen molar-refractivity contribution in [3.8, 4) is 18.1 Å². The number of nitrogens with two attached hydrogens (primary N) is 1. The average Bonchev–Trinajstić information content (AvgIpc) is 2.63. The van der Waals surface area contributed by atoms with E-state index in [1.54, 1.807) is 7.11 Å². The van der Waals surface area contributed by atoms with Gasteiger partial charge in [0.1, 0.15) is 5.75 Å². The molecule has 0 aliphatic rings. The summed E-state index contributed by atoms with van der Waals surface area (Å²) in [5.41, 5.74) is 3.82. The third kappa shape index (κ3) is 5.99. The molecular formula is C24H39NO2. The SMILES string of the molecule is C#CC(COC)C(C)c1ccc(ON)c(C)c1C(CCC)C(C)CC(C)C. The van der Waals surface area contributed by atoms with Crippen molar-refractivity contribution >= 4 is 0 Å². The van der Waals surface area contributed by atoms with Gasteiger partial charge in [-0.1, -0.05) is 47.1 Å². The number of rotatable bonds is 11. The Morgan fingerprint density at radius 2 is 1.85 bits per heavy atom. The fourth-order valence-corrected chi connectivity index (χ4v) is 4.41. The predicted molar refractivity (Wildman–Crippen MR) is 115 cm³/mol. The van der Waals surface area contributed by atoms with Crippen LogP contribution in [0, 0.1) is 37.0 Å². The Bertz CT molecular complexity index is 618. The summed E-state index contributed by atoms with van der Waals surface area (Å²) in [7, 11) is 1.71. The molecule has 3 nitrogen and oxygen atoms in total. The molecule has 152 valence electrons. The fourth-order valence-electron chi connectivity index (χ4n) is 4.41. The average molecular weight is 374 g/mol. The highest BCUT2D eigenvalue weighted by atomic mass is 16.6. The summed E-state index contributed by atoms with van der Waals surface area (Å²) in [5, 5.41) is 0. The van der Waals surface area contributed by atoms with Gasteiger partial charge in [-0.3, -0.25) is 0 Å². The second kappa shape index (κ2) is 11.4. The Hall–Kier alpha value is -1.50. The van der Waals surface area contributed by atoms with Crippen molar-refractivity contribution in [3.05, 3.63) is 28.8 Å². The van der Waals surface area contributed by atoms with Crippen LogP contribution in [0.5, 0.6) is 5.75 Å². The lowest BCUT2D eigenvalue weighted by atomic mass is 9.73. The van der Waals surface area contributed by atoms with Gasteiger partial charge in [0.15, 0.2) is 0 Å². The Labute approximate surface area is 167 Å². The highest BCUT2D eigenvalue weighted by Gasteiger charge is 2.29. The van der Waals surface area contributed by atoms with Crippen molar-refractivity contribution in [1.29, 1.82) is 0 Å². The molecule has 0 radical (unpaired) electrons. The first-order chi connectivity index (χ1) is 12.8. The van der Waals surface area contributed by atoms with E-state index in [-0.39, 0.29) is 11.8 Å². The van der Waals surface area contributed by atoms with Crippen LogP contribution in [0.2, 0.25) is 0 Å². The van der Waals surface area contributed by atoms with Crippen LogP contribution >= 0.6 is 0 Å². The maximum Gasteiger partial charge on any atom is 0.150 e. The van der Waals surface area contributed by atoms with Crippen LogP contribution in [0.4, 0.5) is 0 Å². The number of methoxy groups -OCH3 is 1. The molecule has 4 atom stereocenters. The van der Waals surface area contributed by atoms with E-state index in [1.807, 2.05) is 6.07 Å². The summed E-state index contributed by atoms with van der Waals surface area (Å²) in [6.07, 6.45) is 9.31. The van der Waals surface area contributed by atoms with Gasteiger partial charge in [-0.05, 0) is 66.2 Å². The Morgan fingerprint density at radius 1 is 1.19 bits per heavy atom. The maximum absolute atomic E-state index is 5.83. The third-order valence-electron chi connectivity index (χ3n) is 5.78. The molecule has 1 rings (SSSR count). The van der Waals surface area contributed by atoms with Gasteiger partial charge in [-0.15, -0.1) is 12.3 Å². The van der Waals surface area contributed by atoms with E-state index in [9.17, 15) is 0 Å². The largest absolute Gasteiger partial charge is 0.411 e. The van der Waals surface area contributed by atoms with Crippen LogP contribution in [0.25, 0.3) is 0 Å². The van der Waals surface area contributed by atoms with Crippen molar-refractivity contribution in [2.75, 3.05) is 13.7 Å². The summed E-state index contributed by atoms with van der Waals surface area (Å²) < 4.78 is 5.37. The van der Waals surface area contributed by atoms with Gasteiger partial charge in [-0.25, -0.2) is 0 Å². The first-order valence-electron chi connectivity index (χ1n) is 10.3. The lowest BCUT2D eigenvalue weighted by Crippen LogP contribution is -2.21. The molecule has 3 heteroatoms. The number of hydrogen-bond donors (Lipinski definition) is 1. The second-order valence-corrected chi connectivity index (χ2v) is 8.33. The molecule has 0 saturated carbocycles. The second-order valence-electron chi connectivity index (χ2n) is 8.33. The van der Waals surface area contributed by atoms with Gasteiger partial charge in [0, 0.05) is 13.0 Å². The molecule has 2 N–H and O–H groups in total. The van der Waals surface area contributed by atoms with E-state index < -0.39 is 0 Å². The molecule has 27 heavy (non-hydrogen) atoms. The van der Waals surface area contributed by atoms with E-state index in [1.165, 1.54) is 17.5 Å². The minimum atomic E-state index is 0.0421. The molecule has 0 amide bonds. The molecule has 4 unspecified atom stereocenters. The summed E-state index contributed by atoms with van der Waals surface area (Å²) >= 11 is 0. The van der Waals surface area contributed by atoms with Crippen molar-refractivity contribution in [3.63, 3.8) is 0 Å². The molecule has 0 saturated heterocycles. The van der Waals surface area contributed by atoms with Crippen LogP contribution in [0.3, 0.4) is 0 Å². The molecule has 0 aromatic heterocycles. The molecule has 0 spiro atoms. The monoisotopic (exact) mass is 373 g/mol. The van der Waals surface area contributed by atoms with E-state index in [2.05, 4.69) is 53.5 Å². The maximum atomic E-state index is 5.83. The first-order valence-corrected chi connectivity index (χ1v) is 10.3. The Balaban J connectivity index is 3.52. The summed E-state index contributed by atoms with van der Waals surface area (Å²) in [6.45, 7) is 14.1. The van der Waals surface area contributed by atoms with Crippen molar-refractivity contribution in [1.82, 2.24) is 0 Å². The molecule has 0 heterocycles. The minimum absolute atomic E-state index is 0.0421. The van der Waals surface area contributed by atoms with E-state index in [4.69, 9.17) is 21.9 Å². The lowest BCUT2D eigenvalue weighted by molar-refractivity contribution is 0.164. The lowest BCUT2D eigenvalue weighted by Gasteiger charge is -2.32. The third-order valence-corrected chi connectivity index (χ3v) is 5.78. The molecule has 0 aliphatic heterocycles. The van der Waals surface area contributed by atoms with Gasteiger partial charge < -0.3 is 9.57 Å². The molecule has 0 fully saturated rings. The van der Waals surface area contributed by atoms with Crippen LogP contribution < -0.4 is 10.7 Å². The fraction of sp³-hybridized carbons (Fsp3) is 0.667. The topological polar surface area (TPSA) is 44.5 Å². The highest BCUT2D eigenvalue weighted by molar-refractivity contribution is 5.48. The number of ether oxygens (including phenoxy) is 1. The highest BCUT2D eigenvalue weighted by Crippen LogP contribution is 2.43. The van der Waals surface area contributed by atoms with Crippen molar-refractivity contribution in [2.24, 2.45) is 23.7 Å². The van der Waals surface area contributed by atoms with Crippen LogP contribution in [0.1, 0.15) is 82.4 Å². The first kappa shape index (κ1) is 23.5. The molecule has 1 aromatic rings. The van der Waals surface area contributed by atoms with Gasteiger partial charge in [0.2, 0.25) is 0 Å². The molecule has 0 bridgehead atoms. The zero-order valence-corrected chi connectivity index (χ0v) is 18.3. The normalized spacial score (nSPS) is 15.9. The van der Waals surface area contributed by atoms with Crippen LogP contribution in [-0.2, 0) is 4.74 Å². The van der Waals surface area contributed by atoms with E-state index in [0.717, 1.165) is 24.2 Å². The Morgan fingerprint density at radius 3 is 2.33 bits per heavy atom. The van der Waals surface area contributed by atoms with E-state index >= 15 is 0 Å². The van der Waals surface area contributed by atoms with Gasteiger partial charge in [0.25, 0.3) is 0 Å². The minimum Gasteiger partial charge on any atom is -0.411 e. The smallest absolute Gasteiger partial charge is 0.150 e. The summed E-state index contributed by atoms with van der Waals surface area (Å²) in [6, 6.07) is 4.13. The van der Waals surface area contributed by atoms with Crippen LogP contribution in [0.15, 0.2) is 12.1 Å². The zero-order chi connectivity index (χ0) is 20.6. The van der Waals surface area contributed by atoms with Crippen molar-refractivity contribution < 1.29 is 9.57 Å². The zero-order valence-electron chi connectivity index (χ0n) is 18.3. The molecule has 1 aromatic carbocycles. The van der Waals surface area contributed by atoms with Crippen LogP contribution in [-0.4, -0.2) is 13.7 Å². The summed E-state index contributed by atoms with van der Waals surface area (Å²) in [5.74, 6) is 11.2. The Kier molecular flexibility index (Phi) is 9.91. The van der Waals surface area contributed by atoms with Gasteiger partial charge in [0.05, 0.1) is 6.61 Å². The number of hydrogen-bond acceptors (Lipinski definition) is 3. The predicted octanol–water partition coefficient (Wildman–Crippen LogP) is 5.81.